The van der Waals surface area contributed by atoms with Crippen molar-refractivity contribution >= 4 is 28.0 Å². The normalized spacial score (nSPS) is 10.4. The van der Waals surface area contributed by atoms with Gasteiger partial charge in [-0.3, -0.25) is 0 Å². The van der Waals surface area contributed by atoms with Crippen LogP contribution in [0.3, 0.4) is 0 Å². The standard InChI is InChI=1S/C14H16N2O2S/c1-2-3-4-10-5-7-11(8-6-10)16-13-12(14(17)18)15-9-19-13/h5-9,16H,2-4H2,1H3,(H,17,18). The number of nitrogens with one attached hydrogen (secondary N) is 1. The van der Waals surface area contributed by atoms with Crippen LogP contribution in [0.5, 0.6) is 0 Å². The lowest BCUT2D eigenvalue weighted by molar-refractivity contribution is 0.0692. The average Bonchev–Trinajstić information content (AvgIpc) is 2.86. The molecule has 0 saturated heterocycles. The van der Waals surface area contributed by atoms with Crippen LogP contribution in [-0.2, 0) is 6.42 Å². The van der Waals surface area contributed by atoms with E-state index in [-0.39, 0.29) is 5.69 Å². The molecule has 5 heteroatoms. The molecule has 0 spiro atoms. The fourth-order valence-electron chi connectivity index (χ4n) is 1.75. The van der Waals surface area contributed by atoms with Crippen LogP contribution in [-0.4, -0.2) is 16.1 Å². The van der Waals surface area contributed by atoms with Gasteiger partial charge in [-0.25, -0.2) is 9.78 Å². The van der Waals surface area contributed by atoms with Crippen LogP contribution >= 0.6 is 11.3 Å². The maximum Gasteiger partial charge on any atom is 0.357 e. The van der Waals surface area contributed by atoms with Gasteiger partial charge in [0.25, 0.3) is 0 Å². The summed E-state index contributed by atoms with van der Waals surface area (Å²) in [5.74, 6) is -1.01. The van der Waals surface area contributed by atoms with E-state index in [1.54, 1.807) is 0 Å². The Morgan fingerprint density at radius 1 is 1.37 bits per heavy atom. The molecule has 1 aromatic heterocycles. The first-order valence-corrected chi connectivity index (χ1v) is 7.11. The van der Waals surface area contributed by atoms with Gasteiger partial charge in [-0.1, -0.05) is 25.5 Å². The Bertz CT molecular complexity index is 549. The highest BCUT2D eigenvalue weighted by atomic mass is 32.1. The zero-order valence-electron chi connectivity index (χ0n) is 10.7. The fourth-order valence-corrected chi connectivity index (χ4v) is 2.45. The number of carbonyl (C=O) groups is 1. The third-order valence-electron chi connectivity index (χ3n) is 2.80. The summed E-state index contributed by atoms with van der Waals surface area (Å²) >= 11 is 1.29. The number of unbranched alkanes of at least 4 members (excludes halogenated alkanes) is 1. The van der Waals surface area contributed by atoms with E-state index < -0.39 is 5.97 Å². The van der Waals surface area contributed by atoms with Crippen LogP contribution in [0, 0.1) is 0 Å². The molecule has 0 bridgehead atoms. The Balaban J connectivity index is 2.06. The molecule has 0 unspecified atom stereocenters. The molecule has 2 aromatic rings. The van der Waals surface area contributed by atoms with Crippen LogP contribution in [0.4, 0.5) is 10.7 Å². The van der Waals surface area contributed by atoms with E-state index in [9.17, 15) is 4.79 Å². The molecule has 1 aromatic carbocycles. The molecule has 1 heterocycles. The van der Waals surface area contributed by atoms with Crippen molar-refractivity contribution in [2.45, 2.75) is 26.2 Å². The topological polar surface area (TPSA) is 62.2 Å². The van der Waals surface area contributed by atoms with Crippen molar-refractivity contribution in [1.29, 1.82) is 0 Å². The van der Waals surface area contributed by atoms with E-state index in [0.29, 0.717) is 5.00 Å². The number of hydrogen-bond donors (Lipinski definition) is 2. The Kier molecular flexibility index (Phi) is 4.52. The molecule has 100 valence electrons. The molecule has 0 radical (unpaired) electrons. The molecule has 2 N–H and O–H groups in total. The predicted molar refractivity (Wildman–Crippen MR) is 77.4 cm³/mol. The first kappa shape index (κ1) is 13.5. The maximum absolute atomic E-state index is 10.9. The van der Waals surface area contributed by atoms with Gasteiger partial charge in [0.05, 0.1) is 5.51 Å². The van der Waals surface area contributed by atoms with Crippen LogP contribution in [0.15, 0.2) is 29.8 Å². The number of anilines is 2. The summed E-state index contributed by atoms with van der Waals surface area (Å²) in [6, 6.07) is 8.08. The summed E-state index contributed by atoms with van der Waals surface area (Å²) in [4.78, 5) is 14.8. The first-order valence-electron chi connectivity index (χ1n) is 6.23. The molecule has 0 aliphatic heterocycles. The SMILES string of the molecule is CCCCc1ccc(Nc2scnc2C(=O)O)cc1. The summed E-state index contributed by atoms with van der Waals surface area (Å²) in [5, 5.41) is 12.6. The number of aromatic carboxylic acids is 1. The van der Waals surface area contributed by atoms with Crippen molar-refractivity contribution in [3.05, 3.63) is 41.0 Å². The van der Waals surface area contributed by atoms with Gasteiger partial charge in [-0.05, 0) is 30.5 Å². The highest BCUT2D eigenvalue weighted by Crippen LogP contribution is 2.25. The van der Waals surface area contributed by atoms with Crippen molar-refractivity contribution < 1.29 is 9.90 Å². The summed E-state index contributed by atoms with van der Waals surface area (Å²) in [5.41, 5.74) is 3.78. The zero-order chi connectivity index (χ0) is 13.7. The van der Waals surface area contributed by atoms with E-state index in [1.807, 2.05) is 12.1 Å². The summed E-state index contributed by atoms with van der Waals surface area (Å²) in [6.07, 6.45) is 3.45. The fraction of sp³-hybridized carbons (Fsp3) is 0.286. The number of carboxylic acid groups (broad SMARTS) is 1. The third-order valence-corrected chi connectivity index (χ3v) is 3.54. The van der Waals surface area contributed by atoms with Crippen molar-refractivity contribution in [3.63, 3.8) is 0 Å². The average molecular weight is 276 g/mol. The monoisotopic (exact) mass is 276 g/mol. The van der Waals surface area contributed by atoms with Gasteiger partial charge in [0.2, 0.25) is 0 Å². The van der Waals surface area contributed by atoms with Gasteiger partial charge in [-0.15, -0.1) is 11.3 Å². The largest absolute Gasteiger partial charge is 0.476 e. The summed E-state index contributed by atoms with van der Waals surface area (Å²) in [6.45, 7) is 2.17. The van der Waals surface area contributed by atoms with E-state index in [2.05, 4.69) is 29.4 Å². The molecule has 4 nitrogen and oxygen atoms in total. The lowest BCUT2D eigenvalue weighted by atomic mass is 10.1. The lowest BCUT2D eigenvalue weighted by Gasteiger charge is -2.06. The number of nitrogens with zero attached hydrogens (tertiary/aromatic N) is 1. The van der Waals surface area contributed by atoms with E-state index >= 15 is 0 Å². The number of benzene rings is 1. The van der Waals surface area contributed by atoms with Crippen molar-refractivity contribution in [2.24, 2.45) is 0 Å². The lowest BCUT2D eigenvalue weighted by Crippen LogP contribution is -2.01. The van der Waals surface area contributed by atoms with Gasteiger partial charge in [0, 0.05) is 5.69 Å². The molecule has 0 aliphatic rings. The number of aryl methyl sites for hydroxylation is 1. The highest BCUT2D eigenvalue weighted by molar-refractivity contribution is 7.14. The Labute approximate surface area is 116 Å². The molecule has 2 rings (SSSR count). The molecular formula is C14H16N2O2S. The second-order valence-electron chi connectivity index (χ2n) is 4.26. The van der Waals surface area contributed by atoms with E-state index in [0.717, 1.165) is 12.1 Å². The number of thiazole rings is 1. The zero-order valence-corrected chi connectivity index (χ0v) is 11.5. The van der Waals surface area contributed by atoms with Gasteiger partial charge in [0.1, 0.15) is 5.00 Å². The number of carboxylic acids is 1. The maximum atomic E-state index is 10.9. The highest BCUT2D eigenvalue weighted by Gasteiger charge is 2.13. The van der Waals surface area contributed by atoms with Crippen molar-refractivity contribution in [1.82, 2.24) is 4.98 Å². The van der Waals surface area contributed by atoms with Crippen molar-refractivity contribution in [2.75, 3.05) is 5.32 Å². The smallest absolute Gasteiger partial charge is 0.357 e. The van der Waals surface area contributed by atoms with Crippen LogP contribution in [0.1, 0.15) is 35.8 Å². The third kappa shape index (κ3) is 3.54. The van der Waals surface area contributed by atoms with Crippen LogP contribution < -0.4 is 5.32 Å². The van der Waals surface area contributed by atoms with E-state index in [1.165, 1.54) is 35.3 Å². The second-order valence-corrected chi connectivity index (χ2v) is 5.12. The van der Waals surface area contributed by atoms with Crippen LogP contribution in [0.2, 0.25) is 0 Å². The minimum absolute atomic E-state index is 0.0695. The Morgan fingerprint density at radius 2 is 2.11 bits per heavy atom. The molecule has 0 aliphatic carbocycles. The molecule has 0 atom stereocenters. The molecule has 0 amide bonds. The summed E-state index contributed by atoms with van der Waals surface area (Å²) < 4.78 is 0. The molecule has 0 fully saturated rings. The quantitative estimate of drug-likeness (QED) is 0.839. The van der Waals surface area contributed by atoms with Gasteiger partial charge >= 0.3 is 5.97 Å². The van der Waals surface area contributed by atoms with Crippen LogP contribution in [0.25, 0.3) is 0 Å². The number of rotatable bonds is 6. The number of hydrogen-bond acceptors (Lipinski definition) is 4. The molecule has 19 heavy (non-hydrogen) atoms. The minimum Gasteiger partial charge on any atom is -0.476 e. The van der Waals surface area contributed by atoms with Gasteiger partial charge in [0.15, 0.2) is 5.69 Å². The van der Waals surface area contributed by atoms with Gasteiger partial charge < -0.3 is 10.4 Å². The predicted octanol–water partition coefficient (Wildman–Crippen LogP) is 3.93. The van der Waals surface area contributed by atoms with E-state index in [4.69, 9.17) is 5.11 Å². The van der Waals surface area contributed by atoms with Crippen molar-refractivity contribution in [3.8, 4) is 0 Å². The minimum atomic E-state index is -1.01. The van der Waals surface area contributed by atoms with Gasteiger partial charge in [-0.2, -0.15) is 0 Å². The number of aromatic nitrogens is 1. The summed E-state index contributed by atoms with van der Waals surface area (Å²) in [7, 11) is 0. The molecule has 0 saturated carbocycles. The Hall–Kier alpha value is -1.88. The second kappa shape index (κ2) is 6.33. The molecular weight excluding hydrogens is 260 g/mol. The first-order chi connectivity index (χ1) is 9.20. The Morgan fingerprint density at radius 3 is 2.74 bits per heavy atom.